The lowest BCUT2D eigenvalue weighted by molar-refractivity contribution is 0.0516. The van der Waals surface area contributed by atoms with Gasteiger partial charge in [0.1, 0.15) is 36.1 Å². The van der Waals surface area contributed by atoms with Gasteiger partial charge in [0.05, 0.1) is 13.2 Å². The molecule has 0 aliphatic rings. The van der Waals surface area contributed by atoms with Gasteiger partial charge in [0.25, 0.3) is 0 Å². The van der Waals surface area contributed by atoms with Crippen LogP contribution >= 0.6 is 0 Å². The van der Waals surface area contributed by atoms with Crippen molar-refractivity contribution in [2.75, 3.05) is 13.2 Å². The highest BCUT2D eigenvalue weighted by Gasteiger charge is 2.29. The molecule has 4 aromatic carbocycles. The van der Waals surface area contributed by atoms with Gasteiger partial charge in [-0.25, -0.2) is 9.59 Å². The standard InChI is InChI=1S/C36H33NO6/c1-3-40-35(38)33-31(27-15-19-29(20-16-27)42-23-25-11-7-5-8-12-25)32(34(37-33)36(39)41-4-2)28-17-21-30(22-18-28)43-24-26-13-9-6-10-14-26/h5-22,37H,3-4,23-24H2,1-2H3. The van der Waals surface area contributed by atoms with Crippen LogP contribution in [0.3, 0.4) is 0 Å². The van der Waals surface area contributed by atoms with Crippen molar-refractivity contribution in [3.05, 3.63) is 132 Å². The highest BCUT2D eigenvalue weighted by Crippen LogP contribution is 2.40. The molecule has 43 heavy (non-hydrogen) atoms. The minimum atomic E-state index is -0.568. The lowest BCUT2D eigenvalue weighted by atomic mass is 9.94. The zero-order valence-electron chi connectivity index (χ0n) is 24.2. The second-order valence-corrected chi connectivity index (χ2v) is 9.66. The lowest BCUT2D eigenvalue weighted by Crippen LogP contribution is -2.09. The molecule has 7 heteroatoms. The molecule has 1 aromatic heterocycles. The maximum Gasteiger partial charge on any atom is 0.355 e. The Balaban J connectivity index is 1.51. The zero-order chi connectivity index (χ0) is 30.0. The molecule has 0 bridgehead atoms. The van der Waals surface area contributed by atoms with Crippen molar-refractivity contribution in [2.45, 2.75) is 27.1 Å². The maximum absolute atomic E-state index is 13.2. The molecule has 1 heterocycles. The molecule has 0 saturated heterocycles. The van der Waals surface area contributed by atoms with Gasteiger partial charge in [-0.15, -0.1) is 0 Å². The molecule has 0 unspecified atom stereocenters. The Morgan fingerprint density at radius 2 is 0.907 bits per heavy atom. The summed E-state index contributed by atoms with van der Waals surface area (Å²) in [7, 11) is 0. The number of benzene rings is 4. The molecule has 5 rings (SSSR count). The lowest BCUT2D eigenvalue weighted by Gasteiger charge is -2.12. The van der Waals surface area contributed by atoms with E-state index in [1.807, 2.05) is 109 Å². The highest BCUT2D eigenvalue weighted by molar-refractivity contribution is 6.08. The predicted octanol–water partition coefficient (Wildman–Crippen LogP) is 7.86. The van der Waals surface area contributed by atoms with Crippen molar-refractivity contribution in [3.8, 4) is 33.8 Å². The molecule has 0 amide bonds. The van der Waals surface area contributed by atoms with Crippen LogP contribution in [0.1, 0.15) is 46.0 Å². The molecule has 0 aliphatic heterocycles. The molecular formula is C36H33NO6. The predicted molar refractivity (Wildman–Crippen MR) is 165 cm³/mol. The summed E-state index contributed by atoms with van der Waals surface area (Å²) < 4.78 is 22.7. The topological polar surface area (TPSA) is 86.9 Å². The molecule has 5 aromatic rings. The van der Waals surface area contributed by atoms with Gasteiger partial charge in [-0.05, 0) is 60.4 Å². The van der Waals surface area contributed by atoms with Crippen molar-refractivity contribution in [1.82, 2.24) is 4.98 Å². The number of esters is 2. The summed E-state index contributed by atoms with van der Waals surface area (Å²) >= 11 is 0. The third-order valence-electron chi connectivity index (χ3n) is 6.74. The Bertz CT molecular complexity index is 1520. The zero-order valence-corrected chi connectivity index (χ0v) is 24.2. The van der Waals surface area contributed by atoms with E-state index in [-0.39, 0.29) is 24.6 Å². The van der Waals surface area contributed by atoms with Crippen LogP contribution in [0.2, 0.25) is 0 Å². The van der Waals surface area contributed by atoms with E-state index in [4.69, 9.17) is 18.9 Å². The number of carbonyl (C=O) groups excluding carboxylic acids is 2. The van der Waals surface area contributed by atoms with Crippen LogP contribution in [0.5, 0.6) is 11.5 Å². The van der Waals surface area contributed by atoms with Gasteiger partial charge >= 0.3 is 11.9 Å². The summed E-state index contributed by atoms with van der Waals surface area (Å²) in [6, 6.07) is 34.6. The Morgan fingerprint density at radius 3 is 1.26 bits per heavy atom. The molecule has 0 aliphatic carbocycles. The molecule has 1 N–H and O–H groups in total. The van der Waals surface area contributed by atoms with E-state index in [0.29, 0.717) is 47.0 Å². The quantitative estimate of drug-likeness (QED) is 0.152. The molecule has 0 saturated carbocycles. The number of hydrogen-bond acceptors (Lipinski definition) is 6. The number of ether oxygens (including phenoxy) is 4. The second-order valence-electron chi connectivity index (χ2n) is 9.66. The van der Waals surface area contributed by atoms with Gasteiger partial charge in [0, 0.05) is 11.1 Å². The van der Waals surface area contributed by atoms with Gasteiger partial charge in [0.15, 0.2) is 0 Å². The smallest absolute Gasteiger partial charge is 0.355 e. The van der Waals surface area contributed by atoms with Crippen LogP contribution in [0.4, 0.5) is 0 Å². The normalized spacial score (nSPS) is 10.7. The van der Waals surface area contributed by atoms with E-state index in [2.05, 4.69) is 4.98 Å². The maximum atomic E-state index is 13.2. The Morgan fingerprint density at radius 1 is 0.535 bits per heavy atom. The Kier molecular flexibility index (Phi) is 9.54. The average molecular weight is 576 g/mol. The first kappa shape index (κ1) is 29.2. The Hall–Kier alpha value is -5.30. The molecule has 0 spiro atoms. The van der Waals surface area contributed by atoms with Crippen LogP contribution in [0, 0.1) is 0 Å². The molecule has 0 fully saturated rings. The van der Waals surface area contributed by atoms with Crippen molar-refractivity contribution in [2.24, 2.45) is 0 Å². The number of hydrogen-bond donors (Lipinski definition) is 1. The molecule has 0 radical (unpaired) electrons. The number of H-pyrrole nitrogens is 1. The first-order valence-electron chi connectivity index (χ1n) is 14.2. The summed E-state index contributed by atoms with van der Waals surface area (Å²) in [5.41, 5.74) is 4.94. The van der Waals surface area contributed by atoms with Gasteiger partial charge in [0.2, 0.25) is 0 Å². The van der Waals surface area contributed by atoms with Gasteiger partial charge in [-0.3, -0.25) is 0 Å². The summed E-state index contributed by atoms with van der Waals surface area (Å²) in [5.74, 6) is 0.212. The van der Waals surface area contributed by atoms with Gasteiger partial charge < -0.3 is 23.9 Å². The fourth-order valence-corrected chi connectivity index (χ4v) is 4.71. The largest absolute Gasteiger partial charge is 0.489 e. The second kappa shape index (κ2) is 14.0. The van der Waals surface area contributed by atoms with E-state index in [9.17, 15) is 9.59 Å². The molecule has 7 nitrogen and oxygen atoms in total. The minimum Gasteiger partial charge on any atom is -0.489 e. The van der Waals surface area contributed by atoms with E-state index < -0.39 is 11.9 Å². The first-order chi connectivity index (χ1) is 21.1. The average Bonchev–Trinajstić information content (AvgIpc) is 3.46. The van der Waals surface area contributed by atoms with Gasteiger partial charge in [-0.1, -0.05) is 84.9 Å². The summed E-state index contributed by atoms with van der Waals surface area (Å²) in [6.45, 7) is 4.69. The summed E-state index contributed by atoms with van der Waals surface area (Å²) in [5, 5.41) is 0. The van der Waals surface area contributed by atoms with E-state index in [1.165, 1.54) is 0 Å². The number of aromatic nitrogens is 1. The molecule has 218 valence electrons. The fourth-order valence-electron chi connectivity index (χ4n) is 4.71. The SMILES string of the molecule is CCOC(=O)c1[nH]c(C(=O)OCC)c(-c2ccc(OCc3ccccc3)cc2)c1-c1ccc(OCc2ccccc2)cc1. The van der Waals surface area contributed by atoms with Crippen LogP contribution in [-0.2, 0) is 22.7 Å². The van der Waals surface area contributed by atoms with Crippen LogP contribution in [-0.4, -0.2) is 30.1 Å². The molecule has 0 atom stereocenters. The first-order valence-corrected chi connectivity index (χ1v) is 14.2. The number of carbonyl (C=O) groups is 2. The monoisotopic (exact) mass is 575 g/mol. The van der Waals surface area contributed by atoms with Crippen LogP contribution in [0.25, 0.3) is 22.3 Å². The Labute approximate surface area is 251 Å². The fraction of sp³-hybridized carbons (Fsp3) is 0.167. The van der Waals surface area contributed by atoms with Gasteiger partial charge in [-0.2, -0.15) is 0 Å². The summed E-state index contributed by atoms with van der Waals surface area (Å²) in [4.78, 5) is 29.4. The van der Waals surface area contributed by atoms with E-state index in [0.717, 1.165) is 11.1 Å². The van der Waals surface area contributed by atoms with E-state index >= 15 is 0 Å². The van der Waals surface area contributed by atoms with Crippen molar-refractivity contribution >= 4 is 11.9 Å². The minimum absolute atomic E-state index is 0.169. The summed E-state index contributed by atoms with van der Waals surface area (Å²) in [6.07, 6.45) is 0. The number of nitrogens with one attached hydrogen (secondary N) is 1. The van der Waals surface area contributed by atoms with E-state index in [1.54, 1.807) is 13.8 Å². The van der Waals surface area contributed by atoms with Crippen molar-refractivity contribution in [3.63, 3.8) is 0 Å². The van der Waals surface area contributed by atoms with Crippen LogP contribution < -0.4 is 9.47 Å². The molecular weight excluding hydrogens is 542 g/mol. The van der Waals surface area contributed by atoms with Crippen molar-refractivity contribution < 1.29 is 28.5 Å². The highest BCUT2D eigenvalue weighted by atomic mass is 16.5. The number of aromatic amines is 1. The third-order valence-corrected chi connectivity index (χ3v) is 6.74. The van der Waals surface area contributed by atoms with Crippen molar-refractivity contribution in [1.29, 1.82) is 0 Å². The number of rotatable bonds is 12. The van der Waals surface area contributed by atoms with Crippen LogP contribution in [0.15, 0.2) is 109 Å². The third kappa shape index (κ3) is 7.13.